The van der Waals surface area contributed by atoms with Gasteiger partial charge in [-0.1, -0.05) is 6.07 Å². The Labute approximate surface area is 183 Å². The van der Waals surface area contributed by atoms with E-state index in [4.69, 9.17) is 0 Å². The molecule has 0 aliphatic heterocycles. The molecule has 2 N–H and O–H groups in total. The zero-order chi connectivity index (χ0) is 22.5. The number of alkyl halides is 3. The van der Waals surface area contributed by atoms with Crippen LogP contribution in [0.2, 0.25) is 0 Å². The van der Waals surface area contributed by atoms with E-state index < -0.39 is 11.9 Å². The van der Waals surface area contributed by atoms with Crippen LogP contribution in [-0.4, -0.2) is 44.6 Å². The highest BCUT2D eigenvalue weighted by Crippen LogP contribution is 2.40. The standard InChI is InChI=1S/C22H25F3N6O/c1-30(19-4-2-3-18-28-17(12-31(18)19)22(23,24)25)15-9-7-14(8-10-15)27-21(32)16-11-26-29-20(16)13-5-6-13/h2-4,11-15H,5-10H2,1H3,(H,26,29)(H,27,32). The molecule has 2 fully saturated rings. The Balaban J connectivity index is 1.24. The van der Waals surface area contributed by atoms with Gasteiger partial charge < -0.3 is 10.2 Å². The molecule has 5 rings (SSSR count). The maximum atomic E-state index is 13.1. The number of nitrogens with one attached hydrogen (secondary N) is 2. The van der Waals surface area contributed by atoms with Crippen molar-refractivity contribution in [3.63, 3.8) is 0 Å². The van der Waals surface area contributed by atoms with Crippen molar-refractivity contribution in [3.8, 4) is 0 Å². The molecule has 0 unspecified atom stereocenters. The number of carbonyl (C=O) groups is 1. The number of rotatable bonds is 5. The van der Waals surface area contributed by atoms with E-state index in [0.29, 0.717) is 17.3 Å². The highest BCUT2D eigenvalue weighted by molar-refractivity contribution is 5.95. The highest BCUT2D eigenvalue weighted by Gasteiger charge is 2.35. The number of imidazole rings is 1. The van der Waals surface area contributed by atoms with Crippen molar-refractivity contribution in [2.45, 2.75) is 62.7 Å². The fourth-order valence-electron chi connectivity index (χ4n) is 4.64. The van der Waals surface area contributed by atoms with Gasteiger partial charge in [0.25, 0.3) is 5.91 Å². The van der Waals surface area contributed by atoms with Crippen LogP contribution in [0, 0.1) is 0 Å². The van der Waals surface area contributed by atoms with Gasteiger partial charge in [-0.15, -0.1) is 0 Å². The zero-order valence-electron chi connectivity index (χ0n) is 17.7. The zero-order valence-corrected chi connectivity index (χ0v) is 17.7. The number of pyridine rings is 1. The lowest BCUT2D eigenvalue weighted by Crippen LogP contribution is -2.43. The van der Waals surface area contributed by atoms with Crippen LogP contribution in [0.3, 0.4) is 0 Å². The van der Waals surface area contributed by atoms with E-state index >= 15 is 0 Å². The normalized spacial score (nSPS) is 21.6. The molecule has 0 atom stereocenters. The minimum Gasteiger partial charge on any atom is -0.358 e. The van der Waals surface area contributed by atoms with Crippen molar-refractivity contribution < 1.29 is 18.0 Å². The molecule has 1 amide bonds. The second-order valence-corrected chi connectivity index (χ2v) is 8.80. The van der Waals surface area contributed by atoms with E-state index in [9.17, 15) is 18.0 Å². The molecular weight excluding hydrogens is 421 g/mol. The molecule has 0 bridgehead atoms. The summed E-state index contributed by atoms with van der Waals surface area (Å²) in [6.45, 7) is 0. The Morgan fingerprint density at radius 2 is 1.94 bits per heavy atom. The first-order valence-electron chi connectivity index (χ1n) is 10.9. The lowest BCUT2D eigenvalue weighted by atomic mass is 9.90. The molecule has 0 radical (unpaired) electrons. The summed E-state index contributed by atoms with van der Waals surface area (Å²) in [6, 6.07) is 5.35. The van der Waals surface area contributed by atoms with E-state index in [0.717, 1.165) is 50.4 Å². The van der Waals surface area contributed by atoms with E-state index in [1.165, 1.54) is 4.40 Å². The van der Waals surface area contributed by atoms with Crippen molar-refractivity contribution >= 4 is 17.4 Å². The summed E-state index contributed by atoms with van der Waals surface area (Å²) in [7, 11) is 1.90. The average molecular weight is 446 g/mol. The number of anilines is 1. The minimum atomic E-state index is -4.48. The summed E-state index contributed by atoms with van der Waals surface area (Å²) >= 11 is 0. The van der Waals surface area contributed by atoms with Crippen LogP contribution in [0.15, 0.2) is 30.6 Å². The summed E-state index contributed by atoms with van der Waals surface area (Å²) in [5.41, 5.74) is 0.949. The molecule has 0 spiro atoms. The molecule has 3 aromatic rings. The van der Waals surface area contributed by atoms with E-state index in [2.05, 4.69) is 20.5 Å². The lowest BCUT2D eigenvalue weighted by Gasteiger charge is -2.36. The number of aromatic amines is 1. The molecule has 170 valence electrons. The average Bonchev–Trinajstić information content (AvgIpc) is 3.31. The monoisotopic (exact) mass is 446 g/mol. The molecule has 0 aromatic carbocycles. The van der Waals surface area contributed by atoms with Gasteiger partial charge in [0.2, 0.25) is 0 Å². The third-order valence-electron chi connectivity index (χ3n) is 6.60. The van der Waals surface area contributed by atoms with Crippen LogP contribution >= 0.6 is 0 Å². The first-order chi connectivity index (χ1) is 15.3. The van der Waals surface area contributed by atoms with Crippen molar-refractivity contribution in [2.24, 2.45) is 0 Å². The van der Waals surface area contributed by atoms with Gasteiger partial charge in [0.05, 0.1) is 17.5 Å². The third kappa shape index (κ3) is 3.93. The summed E-state index contributed by atoms with van der Waals surface area (Å²) in [5.74, 6) is 1.01. The SMILES string of the molecule is CN(c1cccc2nc(C(F)(F)F)cn12)C1CCC(NC(=O)c2cn[nH]c2C2CC2)CC1. The Morgan fingerprint density at radius 1 is 1.19 bits per heavy atom. The quantitative estimate of drug-likeness (QED) is 0.618. The van der Waals surface area contributed by atoms with Gasteiger partial charge >= 0.3 is 6.18 Å². The van der Waals surface area contributed by atoms with Crippen LogP contribution in [0.1, 0.15) is 66.2 Å². The maximum absolute atomic E-state index is 13.1. The molecule has 3 heterocycles. The number of hydrogen-bond donors (Lipinski definition) is 2. The molecule has 2 saturated carbocycles. The summed E-state index contributed by atoms with van der Waals surface area (Å²) in [4.78, 5) is 18.5. The van der Waals surface area contributed by atoms with Crippen molar-refractivity contribution in [2.75, 3.05) is 11.9 Å². The molecule has 32 heavy (non-hydrogen) atoms. The van der Waals surface area contributed by atoms with Gasteiger partial charge in [-0.05, 0) is 50.7 Å². The largest absolute Gasteiger partial charge is 0.434 e. The molecule has 10 heteroatoms. The second-order valence-electron chi connectivity index (χ2n) is 8.80. The van der Waals surface area contributed by atoms with Crippen molar-refractivity contribution in [1.29, 1.82) is 0 Å². The summed E-state index contributed by atoms with van der Waals surface area (Å²) in [5, 5.41) is 10.1. The minimum absolute atomic E-state index is 0.0787. The number of hydrogen-bond acceptors (Lipinski definition) is 4. The molecule has 2 aliphatic rings. The second kappa shape index (κ2) is 7.83. The number of amides is 1. The molecular formula is C22H25F3N6O. The van der Waals surface area contributed by atoms with E-state index in [1.54, 1.807) is 24.4 Å². The van der Waals surface area contributed by atoms with Crippen molar-refractivity contribution in [1.82, 2.24) is 24.9 Å². The highest BCUT2D eigenvalue weighted by atomic mass is 19.4. The van der Waals surface area contributed by atoms with Crippen LogP contribution in [0.5, 0.6) is 0 Å². The van der Waals surface area contributed by atoms with Crippen LogP contribution in [0.4, 0.5) is 19.0 Å². The number of nitrogens with zero attached hydrogens (tertiary/aromatic N) is 4. The van der Waals surface area contributed by atoms with Gasteiger partial charge in [0.1, 0.15) is 11.5 Å². The van der Waals surface area contributed by atoms with Gasteiger partial charge in [-0.25, -0.2) is 4.98 Å². The van der Waals surface area contributed by atoms with Crippen LogP contribution in [-0.2, 0) is 6.18 Å². The van der Waals surface area contributed by atoms with Crippen molar-refractivity contribution in [3.05, 3.63) is 47.5 Å². The van der Waals surface area contributed by atoms with E-state index in [1.807, 2.05) is 11.9 Å². The lowest BCUT2D eigenvalue weighted by molar-refractivity contribution is -0.140. The fraction of sp³-hybridized carbons (Fsp3) is 0.500. The predicted molar refractivity (Wildman–Crippen MR) is 113 cm³/mol. The van der Waals surface area contributed by atoms with Gasteiger partial charge in [0, 0.05) is 31.2 Å². The van der Waals surface area contributed by atoms with Gasteiger partial charge in [0.15, 0.2) is 5.69 Å². The number of H-pyrrole nitrogens is 1. The Morgan fingerprint density at radius 3 is 2.62 bits per heavy atom. The third-order valence-corrected chi connectivity index (χ3v) is 6.60. The van der Waals surface area contributed by atoms with E-state index in [-0.39, 0.29) is 23.6 Å². The Hall–Kier alpha value is -3.04. The summed E-state index contributed by atoms with van der Waals surface area (Å²) in [6.07, 6.45) is 3.64. The number of halogens is 3. The molecule has 3 aromatic heterocycles. The smallest absolute Gasteiger partial charge is 0.358 e. The van der Waals surface area contributed by atoms with Crippen LogP contribution < -0.4 is 10.2 Å². The Bertz CT molecular complexity index is 1120. The number of aromatic nitrogens is 4. The van der Waals surface area contributed by atoms with Gasteiger partial charge in [-0.3, -0.25) is 14.3 Å². The van der Waals surface area contributed by atoms with Crippen LogP contribution in [0.25, 0.3) is 5.65 Å². The molecule has 0 saturated heterocycles. The number of carbonyl (C=O) groups excluding carboxylic acids is 1. The Kier molecular flexibility index (Phi) is 5.10. The fourth-order valence-corrected chi connectivity index (χ4v) is 4.64. The predicted octanol–water partition coefficient (Wildman–Crippen LogP) is 4.13. The summed E-state index contributed by atoms with van der Waals surface area (Å²) < 4.78 is 40.8. The maximum Gasteiger partial charge on any atom is 0.434 e. The molecule has 7 nitrogen and oxygen atoms in total. The molecule has 2 aliphatic carbocycles. The first-order valence-corrected chi connectivity index (χ1v) is 10.9. The topological polar surface area (TPSA) is 78.3 Å². The number of fused-ring (bicyclic) bond motifs is 1. The van der Waals surface area contributed by atoms with Gasteiger partial charge in [-0.2, -0.15) is 18.3 Å². The first kappa shape index (κ1) is 20.8.